The number of carbonyl (C=O) groups is 2. The van der Waals surface area contributed by atoms with E-state index in [2.05, 4.69) is 0 Å². The van der Waals surface area contributed by atoms with Gasteiger partial charge in [-0.25, -0.2) is 4.39 Å². The van der Waals surface area contributed by atoms with Gasteiger partial charge in [0.05, 0.1) is 12.0 Å². The van der Waals surface area contributed by atoms with Gasteiger partial charge in [-0.1, -0.05) is 11.6 Å². The monoisotopic (exact) mass is 286 g/mol. The van der Waals surface area contributed by atoms with Gasteiger partial charge < -0.3 is 0 Å². The second kappa shape index (κ2) is 5.06. The molecule has 1 aromatic carbocycles. The molecule has 0 saturated carbocycles. The summed E-state index contributed by atoms with van der Waals surface area (Å²) in [5.74, 6) is -4.49. The summed E-state index contributed by atoms with van der Waals surface area (Å²) in [4.78, 5) is 22.0. The standard InChI is InChI=1S/C11H7ClF4O2/c1-5-2-6(8(13)3-7(5)12)9(17)4-10(18)11(14,15)16/h2-3H,4H2,1H3/i4+2,9+2. The molecule has 0 unspecified atom stereocenters. The lowest BCUT2D eigenvalue weighted by molar-refractivity contribution is -0.170. The van der Waals surface area contributed by atoms with Crippen molar-refractivity contribution in [2.75, 3.05) is 0 Å². The molecule has 7 heteroatoms. The van der Waals surface area contributed by atoms with Crippen molar-refractivity contribution in [1.29, 1.82) is 0 Å². The van der Waals surface area contributed by atoms with Gasteiger partial charge in [0, 0.05) is 5.02 Å². The van der Waals surface area contributed by atoms with Gasteiger partial charge >= 0.3 is 6.18 Å². The van der Waals surface area contributed by atoms with Crippen LogP contribution in [0.2, 0.25) is 5.02 Å². The summed E-state index contributed by atoms with van der Waals surface area (Å²) in [7, 11) is 0. The quantitative estimate of drug-likeness (QED) is 0.484. The highest BCUT2D eigenvalue weighted by Gasteiger charge is 2.39. The van der Waals surface area contributed by atoms with Crippen LogP contribution in [0.15, 0.2) is 12.1 Å². The van der Waals surface area contributed by atoms with E-state index in [0.717, 1.165) is 12.1 Å². The highest BCUT2D eigenvalue weighted by molar-refractivity contribution is 6.31. The fourth-order valence-electron chi connectivity index (χ4n) is 1.21. The third-order valence-electron chi connectivity index (χ3n) is 2.19. The van der Waals surface area contributed by atoms with Crippen molar-refractivity contribution >= 4 is 23.2 Å². The molecule has 1 rings (SSSR count). The van der Waals surface area contributed by atoms with Crippen LogP contribution in [0.3, 0.4) is 0 Å². The lowest BCUT2D eigenvalue weighted by Gasteiger charge is -2.07. The number of carbonyl (C=O) groups excluding carboxylic acids is 2. The third-order valence-corrected chi connectivity index (χ3v) is 2.59. The Morgan fingerprint density at radius 2 is 1.94 bits per heavy atom. The number of alkyl halides is 3. The second-order valence-electron chi connectivity index (χ2n) is 3.60. The zero-order chi connectivity index (χ0) is 14.1. The molecule has 0 heterocycles. The zero-order valence-electron chi connectivity index (χ0n) is 9.07. The SMILES string of the molecule is Cc1cc([14C](=O)[14CH2]C(=O)C(F)(F)F)c(F)cc1Cl. The first kappa shape index (κ1) is 14.6. The van der Waals surface area contributed by atoms with Crippen LogP contribution < -0.4 is 0 Å². The third kappa shape index (κ3) is 3.29. The predicted octanol–water partition coefficient (Wildman–Crippen LogP) is 3.49. The molecule has 1 aromatic rings. The molecule has 18 heavy (non-hydrogen) atoms. The lowest BCUT2D eigenvalue weighted by Crippen LogP contribution is -2.25. The highest BCUT2D eigenvalue weighted by Crippen LogP contribution is 2.23. The minimum absolute atomic E-state index is 0.0474. The van der Waals surface area contributed by atoms with Crippen molar-refractivity contribution in [1.82, 2.24) is 0 Å². The number of aryl methyl sites for hydroxylation is 1. The van der Waals surface area contributed by atoms with Crippen LogP contribution in [-0.4, -0.2) is 17.7 Å². The molecule has 0 bridgehead atoms. The van der Waals surface area contributed by atoms with Crippen LogP contribution in [0.25, 0.3) is 0 Å². The van der Waals surface area contributed by atoms with Gasteiger partial charge in [-0.05, 0) is 24.6 Å². The molecule has 0 N–H and O–H groups in total. The molecule has 98 valence electrons. The Bertz CT molecular complexity index is 509. The van der Waals surface area contributed by atoms with E-state index in [9.17, 15) is 27.2 Å². The zero-order valence-corrected chi connectivity index (χ0v) is 9.82. The second-order valence-corrected chi connectivity index (χ2v) is 4.01. The van der Waals surface area contributed by atoms with E-state index in [0.29, 0.717) is 5.56 Å². The van der Waals surface area contributed by atoms with Gasteiger partial charge in [-0.2, -0.15) is 13.2 Å². The summed E-state index contributed by atoms with van der Waals surface area (Å²) in [5.41, 5.74) is -0.240. The summed E-state index contributed by atoms with van der Waals surface area (Å²) in [6, 6.07) is 1.84. The molecule has 2 nitrogen and oxygen atoms in total. The van der Waals surface area contributed by atoms with Gasteiger partial charge in [-0.3, -0.25) is 9.59 Å². The van der Waals surface area contributed by atoms with E-state index in [-0.39, 0.29) is 5.02 Å². The molecule has 0 aliphatic heterocycles. The molecule has 0 fully saturated rings. The number of halogens is 5. The van der Waals surface area contributed by atoms with Crippen LogP contribution in [0, 0.1) is 12.7 Å². The fourth-order valence-corrected chi connectivity index (χ4v) is 1.36. The molecule has 0 aliphatic carbocycles. The Morgan fingerprint density at radius 3 is 2.44 bits per heavy atom. The maximum Gasteiger partial charge on any atom is 0.450 e. The van der Waals surface area contributed by atoms with Gasteiger partial charge in [-0.15, -0.1) is 0 Å². The molecular formula is C11H7ClF4O2. The number of hydrogen-bond acceptors (Lipinski definition) is 2. The molecule has 0 saturated heterocycles. The Morgan fingerprint density at radius 1 is 1.39 bits per heavy atom. The smallest absolute Gasteiger partial charge is 0.294 e. The average molecular weight is 287 g/mol. The molecule has 0 amide bonds. The number of rotatable bonds is 3. The fraction of sp³-hybridized carbons (Fsp3) is 0.273. The van der Waals surface area contributed by atoms with Gasteiger partial charge in [0.2, 0.25) is 5.78 Å². The Balaban J connectivity index is 2.99. The van der Waals surface area contributed by atoms with Crippen LogP contribution in [0.1, 0.15) is 22.3 Å². The van der Waals surface area contributed by atoms with Crippen LogP contribution in [0.5, 0.6) is 0 Å². The first-order valence-electron chi connectivity index (χ1n) is 4.71. The van der Waals surface area contributed by atoms with Gasteiger partial charge in [0.15, 0.2) is 5.78 Å². The van der Waals surface area contributed by atoms with Crippen molar-refractivity contribution in [3.05, 3.63) is 34.1 Å². The molecule has 0 spiro atoms. The van der Waals surface area contributed by atoms with E-state index < -0.39 is 35.5 Å². The molecule has 0 radical (unpaired) electrons. The van der Waals surface area contributed by atoms with E-state index in [1.165, 1.54) is 6.92 Å². The summed E-state index contributed by atoms with van der Waals surface area (Å²) < 4.78 is 49.2. The molecular weight excluding hydrogens is 280 g/mol. The van der Waals surface area contributed by atoms with Crippen molar-refractivity contribution in [2.45, 2.75) is 19.5 Å². The summed E-state index contributed by atoms with van der Waals surface area (Å²) in [6.45, 7) is 1.46. The van der Waals surface area contributed by atoms with E-state index >= 15 is 0 Å². The van der Waals surface area contributed by atoms with E-state index in [1.807, 2.05) is 0 Å². The maximum absolute atomic E-state index is 13.3. The molecule has 0 aromatic heterocycles. The van der Waals surface area contributed by atoms with E-state index in [1.54, 1.807) is 0 Å². The molecule has 0 aliphatic rings. The number of ketones is 2. The summed E-state index contributed by atoms with van der Waals surface area (Å²) in [6.07, 6.45) is -6.52. The number of hydrogen-bond donors (Lipinski definition) is 0. The highest BCUT2D eigenvalue weighted by atomic mass is 35.5. The number of Topliss-reactive ketones (excluding diaryl/α,β-unsaturated/α-hetero) is 2. The Kier molecular flexibility index (Phi) is 4.11. The Labute approximate surface area is 105 Å². The number of benzene rings is 1. The van der Waals surface area contributed by atoms with Crippen LogP contribution in [0.4, 0.5) is 17.6 Å². The predicted molar refractivity (Wildman–Crippen MR) is 56.2 cm³/mol. The van der Waals surface area contributed by atoms with E-state index in [4.69, 9.17) is 11.6 Å². The van der Waals surface area contributed by atoms with Gasteiger partial charge in [0.25, 0.3) is 0 Å². The summed E-state index contributed by atoms with van der Waals surface area (Å²) in [5, 5.41) is 0.0474. The first-order chi connectivity index (χ1) is 8.12. The van der Waals surface area contributed by atoms with Crippen molar-refractivity contribution in [3.63, 3.8) is 0 Å². The maximum atomic E-state index is 13.3. The minimum atomic E-state index is -5.10. The topological polar surface area (TPSA) is 34.1 Å². The van der Waals surface area contributed by atoms with Crippen LogP contribution >= 0.6 is 11.6 Å². The van der Waals surface area contributed by atoms with Gasteiger partial charge in [0.1, 0.15) is 5.82 Å². The summed E-state index contributed by atoms with van der Waals surface area (Å²) >= 11 is 5.57. The Hall–Kier alpha value is -1.43. The van der Waals surface area contributed by atoms with Crippen molar-refractivity contribution < 1.29 is 27.2 Å². The molecule has 0 atom stereocenters. The normalized spacial score (nSPS) is 11.4. The van der Waals surface area contributed by atoms with Crippen LogP contribution in [-0.2, 0) is 4.79 Å². The first-order valence-corrected chi connectivity index (χ1v) is 5.09. The largest absolute Gasteiger partial charge is 0.450 e. The minimum Gasteiger partial charge on any atom is -0.294 e. The average Bonchev–Trinajstić information content (AvgIpc) is 2.21. The van der Waals surface area contributed by atoms with Crippen molar-refractivity contribution in [3.8, 4) is 0 Å². The lowest BCUT2D eigenvalue weighted by atomic mass is 10.2. The van der Waals surface area contributed by atoms with Crippen molar-refractivity contribution in [2.24, 2.45) is 0 Å².